The minimum Gasteiger partial charge on any atom is -0.352 e. The molecule has 0 aliphatic rings. The van der Waals surface area contributed by atoms with Crippen molar-refractivity contribution in [2.45, 2.75) is 38.9 Å². The van der Waals surface area contributed by atoms with E-state index in [9.17, 15) is 14.4 Å². The van der Waals surface area contributed by atoms with E-state index in [4.69, 9.17) is 0 Å². The van der Waals surface area contributed by atoms with Crippen LogP contribution in [0, 0.1) is 0 Å². The summed E-state index contributed by atoms with van der Waals surface area (Å²) >= 11 is 0. The zero-order valence-electron chi connectivity index (χ0n) is 18.4. The molecule has 1 heterocycles. The average Bonchev–Trinajstić information content (AvgIpc) is 2.77. The Morgan fingerprint density at radius 3 is 2.32 bits per heavy atom. The van der Waals surface area contributed by atoms with Crippen LogP contribution in [-0.4, -0.2) is 39.6 Å². The molecule has 3 rings (SSSR count). The van der Waals surface area contributed by atoms with Gasteiger partial charge in [-0.05, 0) is 31.2 Å². The molecule has 1 atom stereocenters. The van der Waals surface area contributed by atoms with Gasteiger partial charge in [-0.25, -0.2) is 0 Å². The lowest BCUT2D eigenvalue weighted by molar-refractivity contribution is -0.122. The minimum absolute atomic E-state index is 0.0123. The largest absolute Gasteiger partial charge is 0.352 e. The van der Waals surface area contributed by atoms with E-state index in [-0.39, 0.29) is 24.9 Å². The van der Waals surface area contributed by atoms with E-state index < -0.39 is 11.1 Å². The summed E-state index contributed by atoms with van der Waals surface area (Å²) in [6, 6.07) is 17.4. The van der Waals surface area contributed by atoms with E-state index >= 15 is 0 Å². The molecule has 3 aromatic rings. The van der Waals surface area contributed by atoms with Crippen LogP contribution in [0.25, 0.3) is 11.0 Å². The smallest absolute Gasteiger partial charge is 0.316 e. The van der Waals surface area contributed by atoms with Crippen LogP contribution in [0.1, 0.15) is 25.3 Å². The van der Waals surface area contributed by atoms with E-state index in [1.165, 1.54) is 14.7 Å². The van der Waals surface area contributed by atoms with Gasteiger partial charge < -0.3 is 19.4 Å². The minimum atomic E-state index is -0.608. The van der Waals surface area contributed by atoms with E-state index in [1.54, 1.807) is 19.2 Å². The van der Waals surface area contributed by atoms with Crippen molar-refractivity contribution in [3.05, 3.63) is 80.9 Å². The number of nitrogens with zero attached hydrogens (tertiary/aromatic N) is 3. The van der Waals surface area contributed by atoms with E-state index in [1.807, 2.05) is 44.3 Å². The molecule has 7 nitrogen and oxygen atoms in total. The molecule has 0 spiro atoms. The molecule has 0 fully saturated rings. The van der Waals surface area contributed by atoms with E-state index in [0.717, 1.165) is 19.5 Å². The lowest BCUT2D eigenvalue weighted by Crippen LogP contribution is -2.43. The Morgan fingerprint density at radius 2 is 1.65 bits per heavy atom. The van der Waals surface area contributed by atoms with Crippen molar-refractivity contribution in [2.75, 3.05) is 13.6 Å². The maximum Gasteiger partial charge on any atom is 0.316 e. The Morgan fingerprint density at radius 1 is 1.00 bits per heavy atom. The lowest BCUT2D eigenvalue weighted by Gasteiger charge is -2.24. The Balaban J connectivity index is 1.63. The van der Waals surface area contributed by atoms with Crippen molar-refractivity contribution >= 4 is 16.9 Å². The molecule has 164 valence electrons. The second-order valence-electron chi connectivity index (χ2n) is 7.91. The molecule has 0 saturated carbocycles. The maximum absolute atomic E-state index is 12.6. The number of carbonyl (C=O) groups excluding carboxylic acids is 1. The summed E-state index contributed by atoms with van der Waals surface area (Å²) in [6.07, 6.45) is 0.940. The van der Waals surface area contributed by atoms with Gasteiger partial charge in [-0.3, -0.25) is 14.4 Å². The Kier molecular flexibility index (Phi) is 7.41. The molecule has 1 amide bonds. The molecular weight excluding hydrogens is 392 g/mol. The first kappa shape index (κ1) is 22.5. The fourth-order valence-electron chi connectivity index (χ4n) is 3.80. The summed E-state index contributed by atoms with van der Waals surface area (Å²) < 4.78 is 2.75. The molecule has 1 N–H and O–H groups in total. The first-order valence-electron chi connectivity index (χ1n) is 10.6. The van der Waals surface area contributed by atoms with Gasteiger partial charge in [-0.15, -0.1) is 0 Å². The van der Waals surface area contributed by atoms with Gasteiger partial charge in [0.25, 0.3) is 0 Å². The number of fused-ring (bicyclic) bond motifs is 1. The number of amides is 1. The summed E-state index contributed by atoms with van der Waals surface area (Å²) in [4.78, 5) is 39.6. The molecule has 2 aromatic carbocycles. The molecule has 31 heavy (non-hydrogen) atoms. The standard InChI is InChI=1S/C24H30N4O3/c1-4-19(17-26(2)16-18-10-6-5-7-11-18)25-22(29)14-15-28-21-13-9-8-12-20(21)27(3)23(30)24(28)31/h5-13,19H,4,14-17H2,1-3H3,(H,25,29). The van der Waals surface area contributed by atoms with Gasteiger partial charge in [0.05, 0.1) is 11.0 Å². The van der Waals surface area contributed by atoms with Crippen molar-refractivity contribution in [3.63, 3.8) is 0 Å². The predicted octanol–water partition coefficient (Wildman–Crippen LogP) is 2.12. The van der Waals surface area contributed by atoms with Gasteiger partial charge in [0.1, 0.15) is 0 Å². The number of hydrogen-bond donors (Lipinski definition) is 1. The first-order chi connectivity index (χ1) is 14.9. The quantitative estimate of drug-likeness (QED) is 0.536. The van der Waals surface area contributed by atoms with Crippen molar-refractivity contribution in [3.8, 4) is 0 Å². The van der Waals surface area contributed by atoms with Gasteiger partial charge >= 0.3 is 11.1 Å². The summed E-state index contributed by atoms with van der Waals surface area (Å²) in [5.41, 5.74) is 1.35. The van der Waals surface area contributed by atoms with Crippen molar-refractivity contribution in [1.29, 1.82) is 0 Å². The number of rotatable bonds is 9. The van der Waals surface area contributed by atoms with Crippen LogP contribution in [0.5, 0.6) is 0 Å². The number of hydrogen-bond acceptors (Lipinski definition) is 4. The second-order valence-corrected chi connectivity index (χ2v) is 7.91. The van der Waals surface area contributed by atoms with Crippen LogP contribution >= 0.6 is 0 Å². The van der Waals surface area contributed by atoms with Gasteiger partial charge in [-0.2, -0.15) is 0 Å². The van der Waals surface area contributed by atoms with Crippen LogP contribution < -0.4 is 16.4 Å². The molecule has 0 radical (unpaired) electrons. The van der Waals surface area contributed by atoms with Gasteiger partial charge in [-0.1, -0.05) is 49.4 Å². The number of aromatic nitrogens is 2. The van der Waals surface area contributed by atoms with E-state index in [2.05, 4.69) is 22.3 Å². The molecule has 0 saturated heterocycles. The molecule has 0 aliphatic heterocycles. The normalized spacial score (nSPS) is 12.3. The van der Waals surface area contributed by atoms with Crippen molar-refractivity contribution in [2.24, 2.45) is 7.05 Å². The molecule has 1 unspecified atom stereocenters. The monoisotopic (exact) mass is 422 g/mol. The maximum atomic E-state index is 12.6. The van der Waals surface area contributed by atoms with Crippen LogP contribution in [0.3, 0.4) is 0 Å². The Hall–Kier alpha value is -3.19. The van der Waals surface area contributed by atoms with Gasteiger partial charge in [0.2, 0.25) is 5.91 Å². The summed E-state index contributed by atoms with van der Waals surface area (Å²) in [6.45, 7) is 3.74. The predicted molar refractivity (Wildman–Crippen MR) is 123 cm³/mol. The highest BCUT2D eigenvalue weighted by atomic mass is 16.2. The summed E-state index contributed by atoms with van der Waals surface area (Å²) in [7, 11) is 3.62. The van der Waals surface area contributed by atoms with Crippen molar-refractivity contribution in [1.82, 2.24) is 19.4 Å². The number of para-hydroxylation sites is 2. The molecule has 0 bridgehead atoms. The number of benzene rings is 2. The average molecular weight is 423 g/mol. The Bertz CT molecular complexity index is 1150. The third kappa shape index (κ3) is 5.49. The van der Waals surface area contributed by atoms with Crippen LogP contribution in [0.15, 0.2) is 64.2 Å². The number of likely N-dealkylation sites (N-methyl/N-ethyl adjacent to an activating group) is 1. The van der Waals surface area contributed by atoms with Crippen molar-refractivity contribution < 1.29 is 4.79 Å². The molecule has 1 aromatic heterocycles. The van der Waals surface area contributed by atoms with Crippen LogP contribution in [-0.2, 0) is 24.9 Å². The van der Waals surface area contributed by atoms with Gasteiger partial charge in [0, 0.05) is 39.1 Å². The number of carbonyl (C=O) groups is 1. The first-order valence-corrected chi connectivity index (χ1v) is 10.6. The highest BCUT2D eigenvalue weighted by Gasteiger charge is 2.15. The second kappa shape index (κ2) is 10.2. The fourth-order valence-corrected chi connectivity index (χ4v) is 3.80. The number of nitrogens with one attached hydrogen (secondary N) is 1. The third-order valence-corrected chi connectivity index (χ3v) is 5.51. The summed E-state index contributed by atoms with van der Waals surface area (Å²) in [5, 5.41) is 3.07. The van der Waals surface area contributed by atoms with Gasteiger partial charge in [0.15, 0.2) is 0 Å². The highest BCUT2D eigenvalue weighted by molar-refractivity contribution is 5.77. The summed E-state index contributed by atoms with van der Waals surface area (Å²) in [5.74, 6) is -0.128. The molecule has 0 aliphatic carbocycles. The molecular formula is C24H30N4O3. The fraction of sp³-hybridized carbons (Fsp3) is 0.375. The van der Waals surface area contributed by atoms with E-state index in [0.29, 0.717) is 11.0 Å². The zero-order valence-corrected chi connectivity index (χ0v) is 18.4. The molecule has 7 heteroatoms. The lowest BCUT2D eigenvalue weighted by atomic mass is 10.1. The van der Waals surface area contributed by atoms with Crippen LogP contribution in [0.2, 0.25) is 0 Å². The number of aryl methyl sites for hydroxylation is 2. The van der Waals surface area contributed by atoms with Crippen LogP contribution in [0.4, 0.5) is 0 Å². The Labute approximate surface area is 181 Å². The SMILES string of the molecule is CCC(CN(C)Cc1ccccc1)NC(=O)CCn1c(=O)c(=O)n(C)c2ccccc21. The zero-order chi connectivity index (χ0) is 22.4. The topological polar surface area (TPSA) is 76.3 Å². The third-order valence-electron chi connectivity index (χ3n) is 5.51. The highest BCUT2D eigenvalue weighted by Crippen LogP contribution is 2.10.